The monoisotopic (exact) mass is 272 g/mol. The molecule has 0 unspecified atom stereocenters. The number of amides is 2. The van der Waals surface area contributed by atoms with Crippen LogP contribution in [0.4, 0.5) is 14.5 Å². The second-order valence-electron chi connectivity index (χ2n) is 3.67. The quantitative estimate of drug-likeness (QED) is 0.668. The van der Waals surface area contributed by atoms with Crippen LogP contribution in [0, 0.1) is 0 Å². The first-order valence-electron chi connectivity index (χ1n) is 5.18. The molecule has 96 valence electrons. The molecule has 0 radical (unpaired) electrons. The Morgan fingerprint density at radius 3 is 2.39 bits per heavy atom. The number of thioether (sulfide) groups is 1. The van der Waals surface area contributed by atoms with Crippen LogP contribution in [0.1, 0.15) is 0 Å². The second kappa shape index (κ2) is 5.34. The van der Waals surface area contributed by atoms with Crippen LogP contribution in [0.25, 0.3) is 0 Å². The van der Waals surface area contributed by atoms with Gasteiger partial charge in [-0.05, 0) is 12.1 Å². The summed E-state index contributed by atoms with van der Waals surface area (Å²) in [6.45, 7) is -0.0148. The van der Waals surface area contributed by atoms with Crippen LogP contribution in [-0.2, 0) is 9.59 Å². The summed E-state index contributed by atoms with van der Waals surface area (Å²) in [5.41, 5.74) is 0.478. The Morgan fingerprint density at radius 1 is 1.17 bits per heavy atom. The number of halogens is 2. The Hall–Kier alpha value is -1.63. The molecule has 7 heteroatoms. The first kappa shape index (κ1) is 12.8. The van der Waals surface area contributed by atoms with Crippen molar-refractivity contribution in [1.82, 2.24) is 5.32 Å². The van der Waals surface area contributed by atoms with Gasteiger partial charge in [-0.25, -0.2) is 0 Å². The first-order valence-corrected chi connectivity index (χ1v) is 6.05. The van der Waals surface area contributed by atoms with Gasteiger partial charge in [-0.2, -0.15) is 8.78 Å². The van der Waals surface area contributed by atoms with Gasteiger partial charge in [0.25, 0.3) is 5.76 Å². The van der Waals surface area contributed by atoms with E-state index in [1.165, 1.54) is 4.90 Å². The minimum atomic E-state index is -2.54. The molecule has 0 aliphatic carbocycles. The van der Waals surface area contributed by atoms with Crippen molar-refractivity contribution < 1.29 is 18.4 Å². The van der Waals surface area contributed by atoms with Gasteiger partial charge >= 0.3 is 0 Å². The van der Waals surface area contributed by atoms with Gasteiger partial charge in [-0.1, -0.05) is 23.9 Å². The SMILES string of the molecule is O=C1CN(c2ccccc2SC(F)F)CC(=O)N1. The zero-order valence-corrected chi connectivity index (χ0v) is 10.0. The lowest BCUT2D eigenvalue weighted by molar-refractivity contribution is -0.130. The zero-order valence-electron chi connectivity index (χ0n) is 9.23. The summed E-state index contributed by atoms with van der Waals surface area (Å²) >= 11 is 0.403. The Morgan fingerprint density at radius 2 is 1.78 bits per heavy atom. The average Bonchev–Trinajstić information content (AvgIpc) is 2.27. The van der Waals surface area contributed by atoms with E-state index in [1.807, 2.05) is 0 Å². The molecule has 0 atom stereocenters. The van der Waals surface area contributed by atoms with E-state index in [2.05, 4.69) is 5.32 Å². The van der Waals surface area contributed by atoms with E-state index in [0.29, 0.717) is 22.3 Å². The molecule has 1 aromatic carbocycles. The van der Waals surface area contributed by atoms with E-state index in [1.54, 1.807) is 24.3 Å². The van der Waals surface area contributed by atoms with Crippen molar-refractivity contribution in [2.75, 3.05) is 18.0 Å². The van der Waals surface area contributed by atoms with Gasteiger partial charge in [0.15, 0.2) is 0 Å². The Bertz CT molecular complexity index is 466. The smallest absolute Gasteiger partial charge is 0.288 e. The lowest BCUT2D eigenvalue weighted by Crippen LogP contribution is -2.51. The van der Waals surface area contributed by atoms with Gasteiger partial charge in [-0.15, -0.1) is 0 Å². The maximum Gasteiger partial charge on any atom is 0.288 e. The highest BCUT2D eigenvalue weighted by molar-refractivity contribution is 7.99. The molecule has 0 bridgehead atoms. The molecule has 1 fully saturated rings. The molecule has 18 heavy (non-hydrogen) atoms. The van der Waals surface area contributed by atoms with Crippen molar-refractivity contribution in [1.29, 1.82) is 0 Å². The molecule has 1 N–H and O–H groups in total. The Balaban J connectivity index is 2.26. The number of para-hydroxylation sites is 1. The topological polar surface area (TPSA) is 49.4 Å². The maximum absolute atomic E-state index is 12.4. The van der Waals surface area contributed by atoms with Crippen LogP contribution in [-0.4, -0.2) is 30.7 Å². The standard InChI is InChI=1S/C11H10F2N2O2S/c12-11(13)18-8-4-2-1-3-7(8)15-5-9(16)14-10(17)6-15/h1-4,11H,5-6H2,(H,14,16,17). The van der Waals surface area contributed by atoms with Gasteiger partial charge in [0.05, 0.1) is 18.8 Å². The predicted octanol–water partition coefficient (Wildman–Crippen LogP) is 1.46. The van der Waals surface area contributed by atoms with E-state index >= 15 is 0 Å². The summed E-state index contributed by atoms with van der Waals surface area (Å²) in [6, 6.07) is 6.49. The fraction of sp³-hybridized carbons (Fsp3) is 0.273. The van der Waals surface area contributed by atoms with E-state index in [4.69, 9.17) is 0 Å². The molecule has 0 saturated carbocycles. The van der Waals surface area contributed by atoms with Crippen molar-refractivity contribution in [3.63, 3.8) is 0 Å². The van der Waals surface area contributed by atoms with Crippen LogP contribution in [0.15, 0.2) is 29.2 Å². The summed E-state index contributed by atoms with van der Waals surface area (Å²) in [5.74, 6) is -3.40. The number of imide groups is 1. The number of nitrogens with one attached hydrogen (secondary N) is 1. The van der Waals surface area contributed by atoms with Crippen molar-refractivity contribution in [2.24, 2.45) is 0 Å². The summed E-state index contributed by atoms with van der Waals surface area (Å²) in [6.07, 6.45) is 0. The molecule has 0 spiro atoms. The molecule has 1 aliphatic heterocycles. The average molecular weight is 272 g/mol. The highest BCUT2D eigenvalue weighted by Gasteiger charge is 2.24. The Kier molecular flexibility index (Phi) is 3.81. The lowest BCUT2D eigenvalue weighted by Gasteiger charge is -2.28. The van der Waals surface area contributed by atoms with Crippen LogP contribution < -0.4 is 10.2 Å². The summed E-state index contributed by atoms with van der Waals surface area (Å²) < 4.78 is 24.8. The predicted molar refractivity (Wildman–Crippen MR) is 63.7 cm³/mol. The van der Waals surface area contributed by atoms with Gasteiger partial charge in [0.2, 0.25) is 11.8 Å². The molecular weight excluding hydrogens is 262 g/mol. The molecule has 1 aliphatic rings. The number of alkyl halides is 2. The molecular formula is C11H10F2N2O2S. The summed E-state index contributed by atoms with van der Waals surface area (Å²) in [7, 11) is 0. The summed E-state index contributed by atoms with van der Waals surface area (Å²) in [5, 5.41) is 2.16. The number of nitrogens with zero attached hydrogens (tertiary/aromatic N) is 1. The summed E-state index contributed by atoms with van der Waals surface area (Å²) in [4.78, 5) is 24.4. The van der Waals surface area contributed by atoms with Crippen LogP contribution in [0.2, 0.25) is 0 Å². The second-order valence-corrected chi connectivity index (χ2v) is 4.71. The highest BCUT2D eigenvalue weighted by atomic mass is 32.2. The van der Waals surface area contributed by atoms with Crippen molar-refractivity contribution in [3.05, 3.63) is 24.3 Å². The molecule has 1 heterocycles. The lowest BCUT2D eigenvalue weighted by atomic mass is 10.2. The van der Waals surface area contributed by atoms with Crippen LogP contribution in [0.3, 0.4) is 0 Å². The fourth-order valence-electron chi connectivity index (χ4n) is 1.72. The van der Waals surface area contributed by atoms with Crippen LogP contribution in [0.5, 0.6) is 0 Å². The van der Waals surface area contributed by atoms with Gasteiger partial charge in [0, 0.05) is 4.90 Å². The number of piperazine rings is 1. The molecule has 4 nitrogen and oxygen atoms in total. The normalized spacial score (nSPS) is 16.1. The highest BCUT2D eigenvalue weighted by Crippen LogP contribution is 2.34. The third-order valence-corrected chi connectivity index (χ3v) is 3.15. The number of hydrogen-bond donors (Lipinski definition) is 1. The van der Waals surface area contributed by atoms with Crippen molar-refractivity contribution in [2.45, 2.75) is 10.7 Å². The number of anilines is 1. The van der Waals surface area contributed by atoms with E-state index in [-0.39, 0.29) is 13.1 Å². The maximum atomic E-state index is 12.4. The number of carbonyl (C=O) groups excluding carboxylic acids is 2. The van der Waals surface area contributed by atoms with E-state index < -0.39 is 17.6 Å². The van der Waals surface area contributed by atoms with Gasteiger partial charge in [-0.3, -0.25) is 14.9 Å². The molecule has 0 aromatic heterocycles. The third kappa shape index (κ3) is 2.98. The number of benzene rings is 1. The van der Waals surface area contributed by atoms with Gasteiger partial charge < -0.3 is 4.90 Å². The van der Waals surface area contributed by atoms with E-state index in [0.717, 1.165) is 0 Å². The zero-order chi connectivity index (χ0) is 13.1. The number of carbonyl (C=O) groups is 2. The molecule has 2 rings (SSSR count). The third-order valence-electron chi connectivity index (χ3n) is 2.37. The first-order chi connectivity index (χ1) is 8.56. The minimum absolute atomic E-state index is 0.00739. The van der Waals surface area contributed by atoms with Crippen molar-refractivity contribution >= 4 is 29.3 Å². The van der Waals surface area contributed by atoms with Crippen molar-refractivity contribution in [3.8, 4) is 0 Å². The number of rotatable bonds is 3. The Labute approximate surface area is 106 Å². The number of hydrogen-bond acceptors (Lipinski definition) is 4. The molecule has 1 aromatic rings. The van der Waals surface area contributed by atoms with Gasteiger partial charge in [0.1, 0.15) is 0 Å². The van der Waals surface area contributed by atoms with E-state index in [9.17, 15) is 18.4 Å². The van der Waals surface area contributed by atoms with Crippen LogP contribution >= 0.6 is 11.8 Å². The largest absolute Gasteiger partial charge is 0.352 e. The fourth-order valence-corrected chi connectivity index (χ4v) is 2.39. The molecule has 2 amide bonds. The minimum Gasteiger partial charge on any atom is -0.352 e. The molecule has 1 saturated heterocycles.